The number of halogens is 3. The highest BCUT2D eigenvalue weighted by atomic mass is 79.9. The fraction of sp³-hybridized carbons (Fsp3) is 0.0769. The van der Waals surface area contributed by atoms with Crippen molar-refractivity contribution in [2.24, 2.45) is 0 Å². The second kappa shape index (κ2) is 6.04. The average Bonchev–Trinajstić information content (AvgIpc) is 2.37. The van der Waals surface area contributed by atoms with Crippen LogP contribution in [0.15, 0.2) is 39.7 Å². The second-order valence-electron chi connectivity index (χ2n) is 4.30. The van der Waals surface area contributed by atoms with E-state index in [0.29, 0.717) is 5.69 Å². The molecule has 2 N–H and O–H groups in total. The maximum Gasteiger partial charge on any atom is 0.265 e. The Bertz CT molecular complexity index is 809. The number of benzene rings is 2. The largest absolute Gasteiger partial charge is 0.505 e. The number of aryl methyl sites for hydroxylation is 1. The molecule has 0 aliphatic heterocycles. The van der Waals surface area contributed by atoms with E-state index in [1.807, 2.05) is 0 Å². The van der Waals surface area contributed by atoms with Gasteiger partial charge in [-0.05, 0) is 36.8 Å². The van der Waals surface area contributed by atoms with Gasteiger partial charge in [0, 0.05) is 9.50 Å². The molecule has 0 aliphatic rings. The second-order valence-corrected chi connectivity index (χ2v) is 7.71. The van der Waals surface area contributed by atoms with Gasteiger partial charge < -0.3 is 5.11 Å². The monoisotopic (exact) mass is 409 g/mol. The van der Waals surface area contributed by atoms with E-state index in [1.165, 1.54) is 6.07 Å². The number of sulfonamides is 1. The van der Waals surface area contributed by atoms with E-state index >= 15 is 0 Å². The quantitative estimate of drug-likeness (QED) is 0.778. The lowest BCUT2D eigenvalue weighted by Gasteiger charge is -2.13. The van der Waals surface area contributed by atoms with E-state index in [9.17, 15) is 13.5 Å². The number of phenolic OH excluding ortho intramolecular Hbond substituents is 1. The van der Waals surface area contributed by atoms with E-state index in [1.54, 1.807) is 25.1 Å². The predicted octanol–water partition coefficient (Wildman–Crippen LogP) is 4.57. The van der Waals surface area contributed by atoms with E-state index in [-0.39, 0.29) is 14.9 Å². The molecule has 0 unspecified atom stereocenters. The molecule has 0 bridgehead atoms. The van der Waals surface area contributed by atoms with Crippen LogP contribution < -0.4 is 4.72 Å². The summed E-state index contributed by atoms with van der Waals surface area (Å²) >= 11 is 14.8. The Hall–Kier alpha value is -0.950. The van der Waals surface area contributed by atoms with E-state index in [0.717, 1.165) is 16.1 Å². The summed E-state index contributed by atoms with van der Waals surface area (Å²) in [6.45, 7) is 1.76. The molecule has 8 heteroatoms. The van der Waals surface area contributed by atoms with Crippen molar-refractivity contribution in [3.63, 3.8) is 0 Å². The molecule has 0 aliphatic carbocycles. The zero-order chi connectivity index (χ0) is 15.8. The molecular weight excluding hydrogens is 401 g/mol. The van der Waals surface area contributed by atoms with Crippen molar-refractivity contribution < 1.29 is 13.5 Å². The van der Waals surface area contributed by atoms with Gasteiger partial charge in [-0.3, -0.25) is 4.72 Å². The van der Waals surface area contributed by atoms with Crippen molar-refractivity contribution in [3.05, 3.63) is 50.4 Å². The first-order valence-corrected chi connectivity index (χ1v) is 8.71. The molecule has 0 saturated carbocycles. The zero-order valence-corrected chi connectivity index (χ0v) is 14.6. The Balaban J connectivity index is 2.51. The molecule has 0 aromatic heterocycles. The Morgan fingerprint density at radius 3 is 2.52 bits per heavy atom. The highest BCUT2D eigenvalue weighted by Gasteiger charge is 2.22. The molecule has 2 aromatic rings. The summed E-state index contributed by atoms with van der Waals surface area (Å²) in [5.41, 5.74) is 1.12. The SMILES string of the molecule is Cc1ccc(Br)cc1NS(=O)(=O)c1cc(Cl)cc(Cl)c1O. The van der Waals surface area contributed by atoms with Gasteiger partial charge in [0.2, 0.25) is 0 Å². The number of aromatic hydroxyl groups is 1. The van der Waals surface area contributed by atoms with Crippen LogP contribution in [0.5, 0.6) is 5.75 Å². The summed E-state index contributed by atoms with van der Waals surface area (Å²) in [5, 5.41) is 9.82. The summed E-state index contributed by atoms with van der Waals surface area (Å²) in [6.07, 6.45) is 0. The average molecular weight is 411 g/mol. The van der Waals surface area contributed by atoms with Crippen molar-refractivity contribution >= 4 is 54.8 Å². The molecule has 0 heterocycles. The molecule has 2 aromatic carbocycles. The van der Waals surface area contributed by atoms with Gasteiger partial charge in [-0.2, -0.15) is 0 Å². The van der Waals surface area contributed by atoms with Crippen LogP contribution in [0.3, 0.4) is 0 Å². The summed E-state index contributed by atoms with van der Waals surface area (Å²) in [5.74, 6) is -0.541. The van der Waals surface area contributed by atoms with Gasteiger partial charge in [0.15, 0.2) is 5.75 Å². The fourth-order valence-electron chi connectivity index (χ4n) is 1.65. The highest BCUT2D eigenvalue weighted by molar-refractivity contribution is 9.10. The van der Waals surface area contributed by atoms with Crippen molar-refractivity contribution in [3.8, 4) is 5.75 Å². The first kappa shape index (κ1) is 16.4. The van der Waals surface area contributed by atoms with Crippen LogP contribution in [0, 0.1) is 6.92 Å². The van der Waals surface area contributed by atoms with E-state index < -0.39 is 15.8 Å². The molecule has 21 heavy (non-hydrogen) atoms. The summed E-state index contributed by atoms with van der Waals surface area (Å²) in [4.78, 5) is -0.376. The Morgan fingerprint density at radius 1 is 1.19 bits per heavy atom. The lowest BCUT2D eigenvalue weighted by molar-refractivity contribution is 0.459. The van der Waals surface area contributed by atoms with Gasteiger partial charge in [0.05, 0.1) is 10.7 Å². The first-order valence-electron chi connectivity index (χ1n) is 5.67. The third-order valence-corrected chi connectivity index (χ3v) is 5.11. The zero-order valence-electron chi connectivity index (χ0n) is 10.7. The van der Waals surface area contributed by atoms with Crippen molar-refractivity contribution in [1.29, 1.82) is 0 Å². The van der Waals surface area contributed by atoms with Crippen molar-refractivity contribution in [1.82, 2.24) is 0 Å². The maximum absolute atomic E-state index is 12.4. The number of phenols is 1. The first-order chi connectivity index (χ1) is 9.70. The molecule has 0 radical (unpaired) electrons. The van der Waals surface area contributed by atoms with Crippen LogP contribution in [0.4, 0.5) is 5.69 Å². The third-order valence-electron chi connectivity index (χ3n) is 2.73. The topological polar surface area (TPSA) is 66.4 Å². The molecule has 0 saturated heterocycles. The van der Waals surface area contributed by atoms with Gasteiger partial charge >= 0.3 is 0 Å². The smallest absolute Gasteiger partial charge is 0.265 e. The molecule has 0 amide bonds. The molecule has 2 rings (SSSR count). The highest BCUT2D eigenvalue weighted by Crippen LogP contribution is 2.35. The molecule has 0 spiro atoms. The Kier molecular flexibility index (Phi) is 4.72. The normalized spacial score (nSPS) is 11.4. The molecule has 0 atom stereocenters. The maximum atomic E-state index is 12.4. The number of hydrogen-bond acceptors (Lipinski definition) is 3. The van der Waals surface area contributed by atoms with Gasteiger partial charge in [0.1, 0.15) is 4.90 Å². The Morgan fingerprint density at radius 2 is 1.86 bits per heavy atom. The van der Waals surface area contributed by atoms with Gasteiger partial charge in [-0.1, -0.05) is 45.2 Å². The summed E-state index contributed by atoms with van der Waals surface area (Å²) < 4.78 is 27.9. The van der Waals surface area contributed by atoms with E-state index in [2.05, 4.69) is 20.7 Å². The van der Waals surface area contributed by atoms with Crippen LogP contribution in [0.25, 0.3) is 0 Å². The third kappa shape index (κ3) is 3.63. The Labute approximate surface area is 140 Å². The summed E-state index contributed by atoms with van der Waals surface area (Å²) in [7, 11) is -4.02. The number of rotatable bonds is 3. The minimum absolute atomic E-state index is 0.115. The van der Waals surface area contributed by atoms with Gasteiger partial charge in [-0.25, -0.2) is 8.42 Å². The molecule has 112 valence electrons. The summed E-state index contributed by atoms with van der Waals surface area (Å²) in [6, 6.07) is 7.57. The van der Waals surface area contributed by atoms with Gasteiger partial charge in [0.25, 0.3) is 10.0 Å². The number of hydrogen-bond donors (Lipinski definition) is 2. The molecule has 0 fully saturated rings. The van der Waals surface area contributed by atoms with E-state index in [4.69, 9.17) is 23.2 Å². The lowest BCUT2D eigenvalue weighted by Crippen LogP contribution is -2.14. The minimum atomic E-state index is -4.02. The van der Waals surface area contributed by atoms with Crippen LogP contribution in [-0.4, -0.2) is 13.5 Å². The number of anilines is 1. The van der Waals surface area contributed by atoms with Crippen LogP contribution >= 0.6 is 39.1 Å². The fourth-order valence-corrected chi connectivity index (χ4v) is 3.89. The standard InChI is InChI=1S/C13H10BrCl2NO3S/c1-7-2-3-8(14)4-11(7)17-21(19,20)12-6-9(15)5-10(16)13(12)18/h2-6,17-18H,1H3. The predicted molar refractivity (Wildman–Crippen MR) is 87.8 cm³/mol. The van der Waals surface area contributed by atoms with Crippen LogP contribution in [0.1, 0.15) is 5.56 Å². The van der Waals surface area contributed by atoms with Crippen molar-refractivity contribution in [2.75, 3.05) is 4.72 Å². The van der Waals surface area contributed by atoms with Crippen LogP contribution in [0.2, 0.25) is 10.0 Å². The molecular formula is C13H10BrCl2NO3S. The van der Waals surface area contributed by atoms with Crippen LogP contribution in [-0.2, 0) is 10.0 Å². The van der Waals surface area contributed by atoms with Crippen molar-refractivity contribution in [2.45, 2.75) is 11.8 Å². The number of nitrogens with one attached hydrogen (secondary N) is 1. The van der Waals surface area contributed by atoms with Gasteiger partial charge in [-0.15, -0.1) is 0 Å². The lowest BCUT2D eigenvalue weighted by atomic mass is 10.2. The minimum Gasteiger partial charge on any atom is -0.505 e. The molecule has 4 nitrogen and oxygen atoms in total.